The summed E-state index contributed by atoms with van der Waals surface area (Å²) in [6, 6.07) is 20.6. The highest BCUT2D eigenvalue weighted by atomic mass is 79.9. The number of amides is 2. The van der Waals surface area contributed by atoms with Crippen molar-refractivity contribution in [3.05, 3.63) is 155 Å². The van der Waals surface area contributed by atoms with Crippen LogP contribution in [0.2, 0.25) is 20.1 Å². The van der Waals surface area contributed by atoms with Crippen LogP contribution in [-0.2, 0) is 9.59 Å². The molecule has 0 atom stereocenters. The lowest BCUT2D eigenvalue weighted by atomic mass is 9.99. The number of fused-ring (bicyclic) bond motifs is 2. The molecule has 0 aliphatic carbocycles. The first-order chi connectivity index (χ1) is 22.2. The van der Waals surface area contributed by atoms with Crippen molar-refractivity contribution < 1.29 is 9.59 Å². The average Bonchev–Trinajstić information content (AvgIpc) is 3.04. The molecular formula is C34H23BrCl4N4O2S. The second-order valence-electron chi connectivity index (χ2n) is 10.1. The molecule has 0 aromatic heterocycles. The average molecular weight is 773 g/mol. The maximum atomic E-state index is 12.6. The summed E-state index contributed by atoms with van der Waals surface area (Å²) in [6.45, 7) is 0.822. The van der Waals surface area contributed by atoms with Gasteiger partial charge in [0.2, 0.25) is 0 Å². The van der Waals surface area contributed by atoms with Crippen LogP contribution in [0.4, 0.5) is 0 Å². The van der Waals surface area contributed by atoms with Crippen molar-refractivity contribution in [3.63, 3.8) is 0 Å². The number of carbonyl (C=O) groups excluding carboxylic acids is 2. The lowest BCUT2D eigenvalue weighted by Gasteiger charge is -2.32. The number of hydrogen-bond acceptors (Lipinski definition) is 5. The number of nitrogens with zero attached hydrogens (tertiary/aromatic N) is 2. The van der Waals surface area contributed by atoms with E-state index in [-0.39, 0.29) is 11.8 Å². The SMILES string of the molecule is O=C1NCN2C=C(Br)C=CC2=C1c1c(Cl)cccc1Cl.O=C1NCN2C=C(Sc3ccccc3)C=CC2=C1c1c(Cl)cccc1Cl. The van der Waals surface area contributed by atoms with Gasteiger partial charge in [-0.15, -0.1) is 0 Å². The monoisotopic (exact) mass is 770 g/mol. The lowest BCUT2D eigenvalue weighted by molar-refractivity contribution is -0.117. The van der Waals surface area contributed by atoms with E-state index in [4.69, 9.17) is 46.4 Å². The molecule has 3 aromatic rings. The smallest absolute Gasteiger partial charge is 0.255 e. The van der Waals surface area contributed by atoms with Gasteiger partial charge in [-0.2, -0.15) is 0 Å². The number of rotatable bonds is 4. The number of halogens is 5. The van der Waals surface area contributed by atoms with E-state index in [2.05, 4.69) is 38.7 Å². The molecule has 4 aliphatic rings. The van der Waals surface area contributed by atoms with Gasteiger partial charge in [-0.25, -0.2) is 0 Å². The van der Waals surface area contributed by atoms with Crippen molar-refractivity contribution in [2.75, 3.05) is 13.3 Å². The van der Waals surface area contributed by atoms with E-state index in [1.54, 1.807) is 48.2 Å². The van der Waals surface area contributed by atoms with Gasteiger partial charge in [0.05, 0.1) is 56.0 Å². The van der Waals surface area contributed by atoms with E-state index in [0.717, 1.165) is 25.7 Å². The highest BCUT2D eigenvalue weighted by Gasteiger charge is 2.30. The summed E-state index contributed by atoms with van der Waals surface area (Å²) in [5.74, 6) is -0.356. The summed E-state index contributed by atoms with van der Waals surface area (Å²) in [6.07, 6.45) is 11.6. The predicted molar refractivity (Wildman–Crippen MR) is 192 cm³/mol. The van der Waals surface area contributed by atoms with E-state index in [1.807, 2.05) is 64.7 Å². The third-order valence-electron chi connectivity index (χ3n) is 7.18. The number of carbonyl (C=O) groups is 2. The zero-order chi connectivity index (χ0) is 32.4. The molecule has 7 rings (SSSR count). The minimum absolute atomic E-state index is 0.177. The molecule has 0 fully saturated rings. The number of nitrogens with one attached hydrogen (secondary N) is 2. The van der Waals surface area contributed by atoms with Gasteiger partial charge in [0.15, 0.2) is 0 Å². The summed E-state index contributed by atoms with van der Waals surface area (Å²) in [5.41, 5.74) is 3.67. The Bertz CT molecular complexity index is 1900. The topological polar surface area (TPSA) is 64.7 Å². The molecule has 0 saturated carbocycles. The quantitative estimate of drug-likeness (QED) is 0.277. The number of allylic oxidation sites excluding steroid dienone is 5. The first-order valence-electron chi connectivity index (χ1n) is 13.9. The molecule has 0 bridgehead atoms. The largest absolute Gasteiger partial charge is 0.334 e. The van der Waals surface area contributed by atoms with Crippen LogP contribution in [0.15, 0.2) is 129 Å². The summed E-state index contributed by atoms with van der Waals surface area (Å²) in [5, 5.41) is 7.54. The van der Waals surface area contributed by atoms with Gasteiger partial charge in [-0.05, 0) is 76.6 Å². The molecule has 0 unspecified atom stereocenters. The van der Waals surface area contributed by atoms with Crippen molar-refractivity contribution in [3.8, 4) is 0 Å². The Morgan fingerprint density at radius 1 is 0.609 bits per heavy atom. The minimum atomic E-state index is -0.178. The van der Waals surface area contributed by atoms with Gasteiger partial charge in [0, 0.05) is 37.8 Å². The fourth-order valence-electron chi connectivity index (χ4n) is 5.12. The highest BCUT2D eigenvalue weighted by molar-refractivity contribution is 9.11. The Balaban J connectivity index is 0.000000167. The number of benzene rings is 3. The molecule has 6 nitrogen and oxygen atoms in total. The van der Waals surface area contributed by atoms with Gasteiger partial charge in [0.25, 0.3) is 11.8 Å². The van der Waals surface area contributed by atoms with Crippen LogP contribution in [0.3, 0.4) is 0 Å². The van der Waals surface area contributed by atoms with Crippen molar-refractivity contribution in [2.24, 2.45) is 0 Å². The molecule has 3 aromatic carbocycles. The summed E-state index contributed by atoms with van der Waals surface area (Å²) >= 11 is 30.2. The Hall–Kier alpha value is -3.37. The molecule has 0 spiro atoms. The van der Waals surface area contributed by atoms with Gasteiger partial charge in [-0.3, -0.25) is 9.59 Å². The second kappa shape index (κ2) is 14.2. The minimum Gasteiger partial charge on any atom is -0.334 e. The zero-order valence-corrected chi connectivity index (χ0v) is 29.2. The van der Waals surface area contributed by atoms with E-state index >= 15 is 0 Å². The standard InChI is InChI=1S/C20H14Cl2N2OS.C14H9BrCl2N2O/c21-15-7-4-8-16(22)18(15)19-17-10-9-14(11-24(17)12-23-20(19)25)26-13-5-2-1-3-6-13;15-8-4-5-11-13(14(20)18-7-19(11)6-8)12-9(16)2-1-3-10(12)17/h1-11H,12H2,(H,23,25);1-6H,7H2,(H,18,20). The summed E-state index contributed by atoms with van der Waals surface area (Å²) in [4.78, 5) is 31.0. The van der Waals surface area contributed by atoms with Crippen LogP contribution in [0, 0.1) is 0 Å². The highest BCUT2D eigenvalue weighted by Crippen LogP contribution is 2.40. The fourth-order valence-corrected chi connectivity index (χ4v) is 7.55. The van der Waals surface area contributed by atoms with Crippen molar-refractivity contribution in [2.45, 2.75) is 4.90 Å². The number of thioether (sulfide) groups is 1. The van der Waals surface area contributed by atoms with Crippen LogP contribution in [-0.4, -0.2) is 35.0 Å². The normalized spacial score (nSPS) is 17.0. The van der Waals surface area contributed by atoms with Crippen LogP contribution in [0.5, 0.6) is 0 Å². The van der Waals surface area contributed by atoms with E-state index in [9.17, 15) is 9.59 Å². The molecule has 0 saturated heterocycles. The Morgan fingerprint density at radius 2 is 1.09 bits per heavy atom. The molecular weight excluding hydrogens is 750 g/mol. The number of hydrogen-bond donors (Lipinski definition) is 2. The predicted octanol–water partition coefficient (Wildman–Crippen LogP) is 9.20. The maximum Gasteiger partial charge on any atom is 0.255 e. The molecule has 232 valence electrons. The first-order valence-corrected chi connectivity index (χ1v) is 17.0. The van der Waals surface area contributed by atoms with Crippen molar-refractivity contribution >= 4 is 97.1 Å². The van der Waals surface area contributed by atoms with E-state index in [0.29, 0.717) is 55.7 Å². The van der Waals surface area contributed by atoms with E-state index < -0.39 is 0 Å². The maximum absolute atomic E-state index is 12.6. The third-order valence-corrected chi connectivity index (χ3v) is 9.89. The third kappa shape index (κ3) is 6.83. The molecule has 46 heavy (non-hydrogen) atoms. The molecule has 12 heteroatoms. The van der Waals surface area contributed by atoms with E-state index in [1.165, 1.54) is 0 Å². The second-order valence-corrected chi connectivity index (χ2v) is 13.8. The summed E-state index contributed by atoms with van der Waals surface area (Å²) < 4.78 is 0.932. The Morgan fingerprint density at radius 3 is 1.61 bits per heavy atom. The van der Waals surface area contributed by atoms with Crippen molar-refractivity contribution in [1.82, 2.24) is 20.4 Å². The molecule has 4 aliphatic heterocycles. The van der Waals surface area contributed by atoms with Crippen molar-refractivity contribution in [1.29, 1.82) is 0 Å². The van der Waals surface area contributed by atoms with Crippen LogP contribution in [0.25, 0.3) is 11.1 Å². The lowest BCUT2D eigenvalue weighted by Crippen LogP contribution is -2.41. The van der Waals surface area contributed by atoms with Crippen LogP contribution >= 0.6 is 74.1 Å². The van der Waals surface area contributed by atoms with Gasteiger partial charge in [0.1, 0.15) is 0 Å². The fraction of sp³-hybridized carbons (Fsp3) is 0.0588. The molecule has 4 heterocycles. The Kier molecular flexibility index (Phi) is 10.0. The Labute approximate surface area is 298 Å². The molecule has 2 amide bonds. The summed E-state index contributed by atoms with van der Waals surface area (Å²) in [7, 11) is 0. The van der Waals surface area contributed by atoms with Crippen LogP contribution < -0.4 is 10.6 Å². The van der Waals surface area contributed by atoms with Gasteiger partial charge in [-0.1, -0.05) is 88.5 Å². The first kappa shape index (κ1) is 32.6. The molecule has 2 N–H and O–H groups in total. The van der Waals surface area contributed by atoms with Gasteiger partial charge < -0.3 is 20.4 Å². The van der Waals surface area contributed by atoms with Gasteiger partial charge >= 0.3 is 0 Å². The van der Waals surface area contributed by atoms with Crippen LogP contribution in [0.1, 0.15) is 11.1 Å². The molecule has 0 radical (unpaired) electrons. The zero-order valence-electron chi connectivity index (χ0n) is 23.7.